The molecule has 5 heteroatoms. The van der Waals surface area contributed by atoms with Gasteiger partial charge >= 0.3 is 0 Å². The number of nitrogens with one attached hydrogen (secondary N) is 1. The van der Waals surface area contributed by atoms with Crippen molar-refractivity contribution < 1.29 is 9.50 Å². The summed E-state index contributed by atoms with van der Waals surface area (Å²) in [6.45, 7) is 2.03. The number of rotatable bonds is 4. The van der Waals surface area contributed by atoms with Gasteiger partial charge in [-0.2, -0.15) is 4.98 Å². The van der Waals surface area contributed by atoms with Crippen LogP contribution in [0.2, 0.25) is 0 Å². The van der Waals surface area contributed by atoms with E-state index in [2.05, 4.69) is 9.97 Å². The minimum absolute atomic E-state index is 0.0697. The lowest BCUT2D eigenvalue weighted by Crippen LogP contribution is -2.14. The van der Waals surface area contributed by atoms with E-state index in [-0.39, 0.29) is 11.4 Å². The molecular formula is C14H15FN2O2. The van der Waals surface area contributed by atoms with Gasteiger partial charge in [0.1, 0.15) is 17.2 Å². The lowest BCUT2D eigenvalue weighted by molar-refractivity contribution is 0.449. The molecule has 0 saturated heterocycles. The molecule has 0 saturated carbocycles. The molecular weight excluding hydrogens is 247 g/mol. The molecule has 0 unspecified atom stereocenters. The Kier molecular flexibility index (Phi) is 3.94. The summed E-state index contributed by atoms with van der Waals surface area (Å²) in [6.07, 6.45) is 2.48. The zero-order chi connectivity index (χ0) is 13.8. The molecule has 2 N–H and O–H groups in total. The molecule has 4 nitrogen and oxygen atoms in total. The van der Waals surface area contributed by atoms with Crippen LogP contribution in [0.1, 0.15) is 25.6 Å². The lowest BCUT2D eigenvalue weighted by atomic mass is 10.1. The molecule has 1 heterocycles. The van der Waals surface area contributed by atoms with Crippen molar-refractivity contribution in [2.24, 2.45) is 0 Å². The van der Waals surface area contributed by atoms with E-state index in [4.69, 9.17) is 0 Å². The molecule has 1 aromatic carbocycles. The average molecular weight is 262 g/mol. The Balaban J connectivity index is 2.42. The quantitative estimate of drug-likeness (QED) is 0.890. The zero-order valence-corrected chi connectivity index (χ0v) is 10.6. The molecule has 19 heavy (non-hydrogen) atoms. The number of unbranched alkanes of at least 4 members (excludes halogenated alkanes) is 1. The van der Waals surface area contributed by atoms with Gasteiger partial charge < -0.3 is 10.1 Å². The Morgan fingerprint density at radius 1 is 1.32 bits per heavy atom. The van der Waals surface area contributed by atoms with Crippen LogP contribution in [0.25, 0.3) is 11.1 Å². The Labute approximate surface area is 110 Å². The number of aryl methyl sites for hydroxylation is 1. The van der Waals surface area contributed by atoms with Crippen molar-refractivity contribution in [3.63, 3.8) is 0 Å². The summed E-state index contributed by atoms with van der Waals surface area (Å²) in [6, 6.07) is 5.35. The first-order chi connectivity index (χ1) is 9.11. The van der Waals surface area contributed by atoms with Gasteiger partial charge in [-0.1, -0.05) is 25.5 Å². The number of hydrogen-bond acceptors (Lipinski definition) is 3. The van der Waals surface area contributed by atoms with E-state index in [0.717, 1.165) is 12.8 Å². The summed E-state index contributed by atoms with van der Waals surface area (Å²) in [5.74, 6) is -0.246. The fourth-order valence-electron chi connectivity index (χ4n) is 1.85. The van der Waals surface area contributed by atoms with E-state index >= 15 is 0 Å². The molecule has 2 rings (SSSR count). The summed E-state index contributed by atoms with van der Waals surface area (Å²) in [5.41, 5.74) is 0.0974. The molecule has 1 aromatic heterocycles. The van der Waals surface area contributed by atoms with Crippen LogP contribution in [0.3, 0.4) is 0 Å². The maximum atomic E-state index is 12.8. The summed E-state index contributed by atoms with van der Waals surface area (Å²) >= 11 is 0. The third kappa shape index (κ3) is 2.99. The highest BCUT2D eigenvalue weighted by Crippen LogP contribution is 2.23. The van der Waals surface area contributed by atoms with Gasteiger partial charge in [0.25, 0.3) is 5.56 Å². The van der Waals surface area contributed by atoms with Gasteiger partial charge in [0, 0.05) is 6.42 Å². The first-order valence-corrected chi connectivity index (χ1v) is 6.20. The standard InChI is InChI=1S/C14H15FN2O2/c1-2-3-4-11-16-13(18)12(14(19)17-11)9-5-7-10(15)8-6-9/h5-8H,2-4H2,1H3,(H2,16,17,18,19). The molecule has 0 aliphatic carbocycles. The fourth-order valence-corrected chi connectivity index (χ4v) is 1.85. The number of nitrogens with zero attached hydrogens (tertiary/aromatic N) is 1. The Hall–Kier alpha value is -2.17. The largest absolute Gasteiger partial charge is 0.493 e. The molecule has 0 aliphatic heterocycles. The number of hydrogen-bond donors (Lipinski definition) is 2. The van der Waals surface area contributed by atoms with Crippen LogP contribution >= 0.6 is 0 Å². The summed E-state index contributed by atoms with van der Waals surface area (Å²) in [5, 5.41) is 9.87. The van der Waals surface area contributed by atoms with Crippen LogP contribution in [0.4, 0.5) is 4.39 Å². The predicted octanol–water partition coefficient (Wildman–Crippen LogP) is 2.62. The topological polar surface area (TPSA) is 66.0 Å². The normalized spacial score (nSPS) is 10.6. The van der Waals surface area contributed by atoms with Crippen LogP contribution in [0.5, 0.6) is 5.88 Å². The first-order valence-electron chi connectivity index (χ1n) is 6.20. The molecule has 0 spiro atoms. The predicted molar refractivity (Wildman–Crippen MR) is 70.5 cm³/mol. The van der Waals surface area contributed by atoms with Gasteiger partial charge in [-0.3, -0.25) is 4.79 Å². The lowest BCUT2D eigenvalue weighted by Gasteiger charge is -2.05. The molecule has 2 aromatic rings. The van der Waals surface area contributed by atoms with Gasteiger partial charge in [-0.05, 0) is 24.1 Å². The van der Waals surface area contributed by atoms with E-state index in [9.17, 15) is 14.3 Å². The summed E-state index contributed by atoms with van der Waals surface area (Å²) < 4.78 is 12.8. The Bertz CT molecular complexity index is 620. The van der Waals surface area contributed by atoms with Crippen LogP contribution in [-0.4, -0.2) is 15.1 Å². The van der Waals surface area contributed by atoms with E-state index in [0.29, 0.717) is 17.8 Å². The van der Waals surface area contributed by atoms with Gasteiger partial charge in [-0.15, -0.1) is 0 Å². The molecule has 0 bridgehead atoms. The van der Waals surface area contributed by atoms with Crippen molar-refractivity contribution in [3.8, 4) is 17.0 Å². The number of aromatic hydroxyl groups is 1. The molecule has 100 valence electrons. The third-order valence-electron chi connectivity index (χ3n) is 2.85. The highest BCUT2D eigenvalue weighted by Gasteiger charge is 2.12. The van der Waals surface area contributed by atoms with E-state index in [1.165, 1.54) is 24.3 Å². The Morgan fingerprint density at radius 3 is 2.58 bits per heavy atom. The Morgan fingerprint density at radius 2 is 2.00 bits per heavy atom. The van der Waals surface area contributed by atoms with Crippen LogP contribution < -0.4 is 5.56 Å². The number of H-pyrrole nitrogens is 1. The second kappa shape index (κ2) is 5.65. The number of aromatic amines is 1. The van der Waals surface area contributed by atoms with Gasteiger partial charge in [-0.25, -0.2) is 4.39 Å². The van der Waals surface area contributed by atoms with Crippen LogP contribution in [0, 0.1) is 5.82 Å². The monoisotopic (exact) mass is 262 g/mol. The molecule has 0 fully saturated rings. The first kappa shape index (κ1) is 13.3. The van der Waals surface area contributed by atoms with Crippen LogP contribution in [0.15, 0.2) is 29.1 Å². The molecule has 0 radical (unpaired) electrons. The van der Waals surface area contributed by atoms with E-state index in [1.807, 2.05) is 6.92 Å². The summed E-state index contributed by atoms with van der Waals surface area (Å²) in [4.78, 5) is 18.6. The van der Waals surface area contributed by atoms with Crippen molar-refractivity contribution in [1.29, 1.82) is 0 Å². The molecule has 0 atom stereocenters. The maximum Gasteiger partial charge on any atom is 0.262 e. The van der Waals surface area contributed by atoms with E-state index in [1.54, 1.807) is 0 Å². The van der Waals surface area contributed by atoms with Gasteiger partial charge in [0.05, 0.1) is 0 Å². The van der Waals surface area contributed by atoms with E-state index < -0.39 is 11.4 Å². The maximum absolute atomic E-state index is 12.8. The van der Waals surface area contributed by atoms with Crippen molar-refractivity contribution in [3.05, 3.63) is 46.3 Å². The zero-order valence-electron chi connectivity index (χ0n) is 10.6. The molecule has 0 aliphatic rings. The summed E-state index contributed by atoms with van der Waals surface area (Å²) in [7, 11) is 0. The number of halogens is 1. The highest BCUT2D eigenvalue weighted by atomic mass is 19.1. The van der Waals surface area contributed by atoms with Gasteiger partial charge in [0.2, 0.25) is 5.88 Å². The number of benzene rings is 1. The van der Waals surface area contributed by atoms with Crippen molar-refractivity contribution >= 4 is 0 Å². The smallest absolute Gasteiger partial charge is 0.262 e. The van der Waals surface area contributed by atoms with Crippen molar-refractivity contribution in [1.82, 2.24) is 9.97 Å². The van der Waals surface area contributed by atoms with Crippen LogP contribution in [-0.2, 0) is 6.42 Å². The molecule has 0 amide bonds. The highest BCUT2D eigenvalue weighted by molar-refractivity contribution is 5.66. The second-order valence-corrected chi connectivity index (χ2v) is 4.32. The average Bonchev–Trinajstić information content (AvgIpc) is 2.38. The van der Waals surface area contributed by atoms with Crippen molar-refractivity contribution in [2.75, 3.05) is 0 Å². The third-order valence-corrected chi connectivity index (χ3v) is 2.85. The minimum Gasteiger partial charge on any atom is -0.493 e. The minimum atomic E-state index is -0.412. The SMILES string of the molecule is CCCCc1nc(O)c(-c2ccc(F)cc2)c(=O)[nH]1. The van der Waals surface area contributed by atoms with Gasteiger partial charge in [0.15, 0.2) is 0 Å². The van der Waals surface area contributed by atoms with Crippen molar-refractivity contribution in [2.45, 2.75) is 26.2 Å². The second-order valence-electron chi connectivity index (χ2n) is 4.32. The fraction of sp³-hybridized carbons (Fsp3) is 0.286. The number of aromatic nitrogens is 2.